The van der Waals surface area contributed by atoms with E-state index >= 15 is 0 Å². The van der Waals surface area contributed by atoms with Crippen LogP contribution in [0.25, 0.3) is 0 Å². The van der Waals surface area contributed by atoms with Gasteiger partial charge < -0.3 is 19.3 Å². The number of aliphatic hydroxyl groups excluding tert-OH is 1. The minimum atomic E-state index is -1.19. The van der Waals surface area contributed by atoms with Gasteiger partial charge in [0.1, 0.15) is 6.10 Å². The summed E-state index contributed by atoms with van der Waals surface area (Å²) in [6.45, 7) is 18.1. The maximum absolute atomic E-state index is 12.7. The lowest BCUT2D eigenvalue weighted by Gasteiger charge is -2.60. The van der Waals surface area contributed by atoms with Gasteiger partial charge in [-0.2, -0.15) is 0 Å². The van der Waals surface area contributed by atoms with E-state index in [0.29, 0.717) is 36.8 Å². The topological polar surface area (TPSA) is 108 Å². The summed E-state index contributed by atoms with van der Waals surface area (Å²) in [6.07, 6.45) is 3.32. The van der Waals surface area contributed by atoms with E-state index in [1.165, 1.54) is 13.8 Å². The molecule has 3 rings (SSSR count). The summed E-state index contributed by atoms with van der Waals surface area (Å²) in [7, 11) is 0. The van der Waals surface area contributed by atoms with Crippen molar-refractivity contribution in [3.63, 3.8) is 0 Å². The molecular formula is C29H40O8. The van der Waals surface area contributed by atoms with Crippen molar-refractivity contribution in [1.29, 1.82) is 0 Å². The van der Waals surface area contributed by atoms with Crippen molar-refractivity contribution >= 4 is 17.9 Å². The number of rotatable bonds is 8. The zero-order chi connectivity index (χ0) is 27.7. The quantitative estimate of drug-likeness (QED) is 0.165. The molecule has 0 bridgehead atoms. The second kappa shape index (κ2) is 11.0. The van der Waals surface area contributed by atoms with Crippen LogP contribution in [0.1, 0.15) is 67.2 Å². The van der Waals surface area contributed by atoms with Crippen molar-refractivity contribution in [1.82, 2.24) is 0 Å². The fraction of sp³-hybridized carbons (Fsp3) is 0.621. The number of hydrogen-bond donors (Lipinski definition) is 1. The van der Waals surface area contributed by atoms with Crippen LogP contribution in [0.4, 0.5) is 0 Å². The van der Waals surface area contributed by atoms with Gasteiger partial charge in [-0.15, -0.1) is 0 Å². The molecule has 8 nitrogen and oxygen atoms in total. The molecule has 37 heavy (non-hydrogen) atoms. The summed E-state index contributed by atoms with van der Waals surface area (Å²) in [6, 6.07) is 0. The molecule has 5 unspecified atom stereocenters. The smallest absolute Gasteiger partial charge is 0.333 e. The third-order valence-corrected chi connectivity index (χ3v) is 8.68. The van der Waals surface area contributed by atoms with E-state index in [2.05, 4.69) is 27.0 Å². The molecule has 3 aliphatic rings. The Morgan fingerprint density at radius 3 is 2.38 bits per heavy atom. The number of hydrogen-bond acceptors (Lipinski definition) is 8. The molecule has 8 heteroatoms. The summed E-state index contributed by atoms with van der Waals surface area (Å²) in [5, 5.41) is 11.7. The van der Waals surface area contributed by atoms with Crippen molar-refractivity contribution in [2.75, 3.05) is 0 Å². The predicted molar refractivity (Wildman–Crippen MR) is 137 cm³/mol. The average Bonchev–Trinajstić information content (AvgIpc) is 3.12. The van der Waals surface area contributed by atoms with E-state index in [9.17, 15) is 19.5 Å². The van der Waals surface area contributed by atoms with Crippen LogP contribution < -0.4 is 0 Å². The van der Waals surface area contributed by atoms with Gasteiger partial charge in [-0.1, -0.05) is 44.7 Å². The molecule has 1 heterocycles. The summed E-state index contributed by atoms with van der Waals surface area (Å²) in [4.78, 5) is 36.9. The zero-order valence-corrected chi connectivity index (χ0v) is 22.7. The first-order valence-corrected chi connectivity index (χ1v) is 12.8. The molecule has 204 valence electrons. The number of carbonyl (C=O) groups excluding carboxylic acids is 3. The normalized spacial score (nSPS) is 36.9. The Morgan fingerprint density at radius 2 is 1.81 bits per heavy atom. The van der Waals surface area contributed by atoms with E-state index in [1.807, 2.05) is 0 Å². The van der Waals surface area contributed by atoms with Gasteiger partial charge in [-0.05, 0) is 62.9 Å². The molecule has 0 radical (unpaired) electrons. The first-order valence-electron chi connectivity index (χ1n) is 12.8. The summed E-state index contributed by atoms with van der Waals surface area (Å²) >= 11 is 0. The zero-order valence-electron chi connectivity index (χ0n) is 22.7. The number of esters is 3. The number of carbonyl (C=O) groups is 3. The van der Waals surface area contributed by atoms with Crippen LogP contribution in [0.5, 0.6) is 0 Å². The monoisotopic (exact) mass is 516 g/mol. The molecule has 0 aromatic carbocycles. The van der Waals surface area contributed by atoms with Gasteiger partial charge in [-0.3, -0.25) is 14.3 Å². The maximum atomic E-state index is 12.7. The number of aliphatic hydroxyl groups is 1. The van der Waals surface area contributed by atoms with Crippen LogP contribution in [0.15, 0.2) is 48.1 Å². The molecule has 1 saturated heterocycles. The van der Waals surface area contributed by atoms with Gasteiger partial charge >= 0.3 is 17.9 Å². The molecule has 1 aliphatic heterocycles. The van der Waals surface area contributed by atoms with Gasteiger partial charge in [0, 0.05) is 25.0 Å². The molecule has 1 spiro atoms. The fourth-order valence-electron chi connectivity index (χ4n) is 6.36. The standard InChI is InChI=1S/C29H40O8/c1-9-16(3)11-12-28(8)18(5)13-24(32)29-22(26(34-19(6)30)37-27(29)35-20(7)31)14-21(15-23(28)29)36-25(33)17(4)10-2/h9-10,14,18,21,23-24,26-27,32H,1,3,11-13,15H2,2,4-8H3/b17-10-/t18?,21-,23?,24?,26-,27+,28?,29?/m0/s1. The minimum absolute atomic E-state index is 0.0643. The van der Waals surface area contributed by atoms with E-state index < -0.39 is 53.5 Å². The van der Waals surface area contributed by atoms with Crippen molar-refractivity contribution in [3.8, 4) is 0 Å². The Hall–Kier alpha value is -2.71. The first kappa shape index (κ1) is 28.9. The SMILES string of the molecule is C=CC(=C)CCC1(C)C(C)CC(O)C23C(=C[C@H](OC(=O)/C(C)=C\C)CC12)[C@@H](OC(C)=O)O[C@H]3OC(C)=O. The highest BCUT2D eigenvalue weighted by Gasteiger charge is 2.71. The summed E-state index contributed by atoms with van der Waals surface area (Å²) < 4.78 is 23.1. The Bertz CT molecular complexity index is 1020. The van der Waals surface area contributed by atoms with Crippen molar-refractivity contribution in [2.45, 2.75) is 92.0 Å². The Balaban J connectivity index is 2.20. The lowest BCUT2D eigenvalue weighted by Crippen LogP contribution is -2.63. The van der Waals surface area contributed by atoms with Crippen molar-refractivity contribution in [3.05, 3.63) is 48.1 Å². The Kier molecular flexibility index (Phi) is 8.54. The molecule has 2 aliphatic carbocycles. The lowest BCUT2D eigenvalue weighted by molar-refractivity contribution is -0.254. The molecule has 0 amide bonds. The van der Waals surface area contributed by atoms with Crippen LogP contribution in [0, 0.1) is 22.7 Å². The van der Waals surface area contributed by atoms with Crippen molar-refractivity contribution < 1.29 is 38.4 Å². The van der Waals surface area contributed by atoms with Crippen LogP contribution in [0.3, 0.4) is 0 Å². The van der Waals surface area contributed by atoms with Crippen LogP contribution in [-0.4, -0.2) is 47.8 Å². The number of ether oxygens (including phenoxy) is 4. The number of allylic oxidation sites excluding steroid dienone is 3. The third-order valence-electron chi connectivity index (χ3n) is 8.68. The second-order valence-corrected chi connectivity index (χ2v) is 10.8. The van der Waals surface area contributed by atoms with E-state index in [0.717, 1.165) is 5.57 Å². The Labute approximate surface area is 219 Å². The van der Waals surface area contributed by atoms with E-state index in [4.69, 9.17) is 18.9 Å². The van der Waals surface area contributed by atoms with Crippen LogP contribution in [0.2, 0.25) is 0 Å². The summed E-state index contributed by atoms with van der Waals surface area (Å²) in [5.41, 5.74) is 0.242. The summed E-state index contributed by atoms with van der Waals surface area (Å²) in [5.74, 6) is -1.90. The van der Waals surface area contributed by atoms with Crippen LogP contribution in [-0.2, 0) is 33.3 Å². The molecule has 1 N–H and O–H groups in total. The molecule has 2 fully saturated rings. The fourth-order valence-corrected chi connectivity index (χ4v) is 6.36. The molecule has 8 atom stereocenters. The highest BCUT2D eigenvalue weighted by molar-refractivity contribution is 5.87. The largest absolute Gasteiger partial charge is 0.455 e. The highest BCUT2D eigenvalue weighted by atomic mass is 16.8. The highest BCUT2D eigenvalue weighted by Crippen LogP contribution is 2.67. The maximum Gasteiger partial charge on any atom is 0.333 e. The molecule has 1 saturated carbocycles. The van der Waals surface area contributed by atoms with Gasteiger partial charge in [0.05, 0.1) is 11.5 Å². The second-order valence-electron chi connectivity index (χ2n) is 10.8. The lowest BCUT2D eigenvalue weighted by atomic mass is 9.45. The van der Waals surface area contributed by atoms with Crippen molar-refractivity contribution in [2.24, 2.45) is 22.7 Å². The van der Waals surface area contributed by atoms with Gasteiger partial charge in [0.15, 0.2) is 0 Å². The first-order chi connectivity index (χ1) is 17.3. The Morgan fingerprint density at radius 1 is 1.16 bits per heavy atom. The predicted octanol–water partition coefficient (Wildman–Crippen LogP) is 4.54. The minimum Gasteiger partial charge on any atom is -0.455 e. The van der Waals surface area contributed by atoms with E-state index in [-0.39, 0.29) is 11.8 Å². The third kappa shape index (κ3) is 5.18. The van der Waals surface area contributed by atoms with Crippen LogP contribution >= 0.6 is 0 Å². The molecular weight excluding hydrogens is 476 g/mol. The van der Waals surface area contributed by atoms with Gasteiger partial charge in [0.25, 0.3) is 0 Å². The average molecular weight is 517 g/mol. The molecule has 0 aromatic rings. The van der Waals surface area contributed by atoms with Gasteiger partial charge in [-0.25, -0.2) is 4.79 Å². The van der Waals surface area contributed by atoms with E-state index in [1.54, 1.807) is 32.1 Å². The molecule has 0 aromatic heterocycles. The van der Waals surface area contributed by atoms with Gasteiger partial charge in [0.2, 0.25) is 12.6 Å².